The molecule has 0 saturated carbocycles. The third kappa shape index (κ3) is 6.21. The second-order valence-electron chi connectivity index (χ2n) is 4.49. The smallest absolute Gasteiger partial charge is 0.258 e. The number of pyridine rings is 1. The molecule has 0 radical (unpaired) electrons. The van der Waals surface area contributed by atoms with Gasteiger partial charge in [-0.05, 0) is 43.5 Å². The molecule has 1 rings (SSSR count). The number of thioether (sulfide) groups is 1. The molecule has 0 unspecified atom stereocenters. The molecular weight excluding hydrogens is 294 g/mol. The second-order valence-corrected chi connectivity index (χ2v) is 7.19. The lowest BCUT2D eigenvalue weighted by atomic mass is 10.2. The predicted octanol–water partition coefficient (Wildman–Crippen LogP) is 1.61. The SMILES string of the molecule is CNCc1ccc(S(=O)(=O)NCCCCCSC)nc1. The lowest BCUT2D eigenvalue weighted by molar-refractivity contribution is 0.572. The highest BCUT2D eigenvalue weighted by Crippen LogP contribution is 2.07. The van der Waals surface area contributed by atoms with Crippen molar-refractivity contribution >= 4 is 21.8 Å². The molecule has 0 spiro atoms. The Morgan fingerprint density at radius 1 is 1.25 bits per heavy atom. The highest BCUT2D eigenvalue weighted by Gasteiger charge is 2.14. The zero-order chi connectivity index (χ0) is 14.8. The molecule has 2 N–H and O–H groups in total. The first-order valence-corrected chi connectivity index (χ1v) is 9.56. The fraction of sp³-hybridized carbons (Fsp3) is 0.615. The predicted molar refractivity (Wildman–Crippen MR) is 84.4 cm³/mol. The van der Waals surface area contributed by atoms with Crippen LogP contribution in [0.15, 0.2) is 23.4 Å². The number of sulfonamides is 1. The highest BCUT2D eigenvalue weighted by atomic mass is 32.2. The third-order valence-corrected chi connectivity index (χ3v) is 4.84. The van der Waals surface area contributed by atoms with Crippen molar-refractivity contribution in [3.8, 4) is 0 Å². The summed E-state index contributed by atoms with van der Waals surface area (Å²) in [7, 11) is -1.63. The Balaban J connectivity index is 2.43. The van der Waals surface area contributed by atoms with Crippen molar-refractivity contribution in [2.75, 3.05) is 25.6 Å². The van der Waals surface area contributed by atoms with Gasteiger partial charge in [0, 0.05) is 19.3 Å². The van der Waals surface area contributed by atoms with Crippen molar-refractivity contribution in [3.05, 3.63) is 23.9 Å². The van der Waals surface area contributed by atoms with Gasteiger partial charge in [0.15, 0.2) is 5.03 Å². The van der Waals surface area contributed by atoms with E-state index >= 15 is 0 Å². The summed E-state index contributed by atoms with van der Waals surface area (Å²) in [6.45, 7) is 1.15. The van der Waals surface area contributed by atoms with E-state index in [1.807, 2.05) is 18.8 Å². The van der Waals surface area contributed by atoms with Crippen LogP contribution in [0.25, 0.3) is 0 Å². The van der Waals surface area contributed by atoms with Crippen molar-refractivity contribution in [3.63, 3.8) is 0 Å². The van der Waals surface area contributed by atoms with Gasteiger partial charge in [-0.2, -0.15) is 11.8 Å². The molecule has 0 saturated heterocycles. The molecule has 1 aromatic heterocycles. The highest BCUT2D eigenvalue weighted by molar-refractivity contribution is 7.98. The van der Waals surface area contributed by atoms with E-state index in [9.17, 15) is 8.42 Å². The maximum absolute atomic E-state index is 12.0. The summed E-state index contributed by atoms with van der Waals surface area (Å²) in [5, 5.41) is 3.08. The molecule has 0 aromatic carbocycles. The van der Waals surface area contributed by atoms with Crippen LogP contribution in [0.5, 0.6) is 0 Å². The van der Waals surface area contributed by atoms with Gasteiger partial charge in [0.25, 0.3) is 10.0 Å². The molecule has 5 nitrogen and oxygen atoms in total. The largest absolute Gasteiger partial charge is 0.316 e. The van der Waals surface area contributed by atoms with Crippen LogP contribution in [-0.2, 0) is 16.6 Å². The summed E-state index contributed by atoms with van der Waals surface area (Å²) in [4.78, 5) is 4.00. The standard InChI is InChI=1S/C13H23N3O2S2/c1-14-10-12-6-7-13(15-11-12)20(17,18)16-8-4-3-5-9-19-2/h6-7,11,14,16H,3-5,8-10H2,1-2H3. The first-order chi connectivity index (χ1) is 9.60. The molecule has 1 aromatic rings. The molecule has 7 heteroatoms. The summed E-state index contributed by atoms with van der Waals surface area (Å²) < 4.78 is 26.6. The van der Waals surface area contributed by atoms with Crippen LogP contribution in [0.3, 0.4) is 0 Å². The quantitative estimate of drug-likeness (QED) is 0.642. The van der Waals surface area contributed by atoms with Crippen molar-refractivity contribution in [2.45, 2.75) is 30.8 Å². The fourth-order valence-corrected chi connectivity index (χ4v) is 3.20. The fourth-order valence-electron chi connectivity index (χ4n) is 1.71. The Kier molecular flexibility index (Phi) is 8.13. The minimum Gasteiger partial charge on any atom is -0.316 e. The molecular formula is C13H23N3O2S2. The molecule has 0 bridgehead atoms. The number of nitrogens with one attached hydrogen (secondary N) is 2. The second kappa shape index (κ2) is 9.33. The molecule has 1 heterocycles. The zero-order valence-corrected chi connectivity index (χ0v) is 13.7. The zero-order valence-electron chi connectivity index (χ0n) is 12.1. The minimum atomic E-state index is -3.47. The first kappa shape index (κ1) is 17.4. The topological polar surface area (TPSA) is 71.1 Å². The summed E-state index contributed by atoms with van der Waals surface area (Å²) in [6.07, 6.45) is 6.69. The van der Waals surface area contributed by atoms with E-state index in [2.05, 4.69) is 21.3 Å². The Morgan fingerprint density at radius 2 is 2.05 bits per heavy atom. The number of rotatable bonds is 10. The summed E-state index contributed by atoms with van der Waals surface area (Å²) in [5.74, 6) is 1.13. The van der Waals surface area contributed by atoms with Crippen LogP contribution in [-0.4, -0.2) is 39.0 Å². The van der Waals surface area contributed by atoms with Crippen LogP contribution in [0.4, 0.5) is 0 Å². The lowest BCUT2D eigenvalue weighted by Gasteiger charge is -2.07. The number of hydrogen-bond donors (Lipinski definition) is 2. The minimum absolute atomic E-state index is 0.0847. The van der Waals surface area contributed by atoms with Crippen LogP contribution in [0, 0.1) is 0 Å². The van der Waals surface area contributed by atoms with Gasteiger partial charge in [-0.3, -0.25) is 0 Å². The Bertz CT molecular complexity index is 475. The number of unbranched alkanes of at least 4 members (excludes halogenated alkanes) is 2. The van der Waals surface area contributed by atoms with Gasteiger partial charge in [-0.15, -0.1) is 0 Å². The van der Waals surface area contributed by atoms with Gasteiger partial charge in [-0.25, -0.2) is 18.1 Å². The Hall–Kier alpha value is -0.630. The van der Waals surface area contributed by atoms with Crippen molar-refractivity contribution in [1.82, 2.24) is 15.0 Å². The molecule has 0 amide bonds. The van der Waals surface area contributed by atoms with E-state index in [1.54, 1.807) is 18.3 Å². The normalized spacial score (nSPS) is 11.7. The van der Waals surface area contributed by atoms with Crippen molar-refractivity contribution in [2.24, 2.45) is 0 Å². The molecule has 114 valence electrons. The Labute approximate surface area is 126 Å². The monoisotopic (exact) mass is 317 g/mol. The average Bonchev–Trinajstić information content (AvgIpc) is 2.44. The van der Waals surface area contributed by atoms with Gasteiger partial charge < -0.3 is 5.32 Å². The van der Waals surface area contributed by atoms with Crippen molar-refractivity contribution in [1.29, 1.82) is 0 Å². The maximum atomic E-state index is 12.0. The van der Waals surface area contributed by atoms with E-state index in [-0.39, 0.29) is 5.03 Å². The third-order valence-electron chi connectivity index (χ3n) is 2.77. The van der Waals surface area contributed by atoms with E-state index in [1.165, 1.54) is 0 Å². The van der Waals surface area contributed by atoms with Crippen LogP contribution < -0.4 is 10.0 Å². The van der Waals surface area contributed by atoms with Gasteiger partial charge in [-0.1, -0.05) is 12.5 Å². The van der Waals surface area contributed by atoms with Crippen LogP contribution in [0.2, 0.25) is 0 Å². The first-order valence-electron chi connectivity index (χ1n) is 6.68. The summed E-state index contributed by atoms with van der Waals surface area (Å²) in [5.41, 5.74) is 0.962. The molecule has 0 aliphatic carbocycles. The van der Waals surface area contributed by atoms with E-state index in [4.69, 9.17) is 0 Å². The van der Waals surface area contributed by atoms with Gasteiger partial charge in [0.05, 0.1) is 0 Å². The number of aromatic nitrogens is 1. The van der Waals surface area contributed by atoms with Crippen molar-refractivity contribution < 1.29 is 8.42 Å². The van der Waals surface area contributed by atoms with E-state index in [0.717, 1.165) is 30.6 Å². The van der Waals surface area contributed by atoms with Crippen LogP contribution >= 0.6 is 11.8 Å². The van der Waals surface area contributed by atoms with E-state index in [0.29, 0.717) is 13.1 Å². The Morgan fingerprint density at radius 3 is 2.65 bits per heavy atom. The number of hydrogen-bond acceptors (Lipinski definition) is 5. The molecule has 0 atom stereocenters. The lowest BCUT2D eigenvalue weighted by Crippen LogP contribution is -2.25. The van der Waals surface area contributed by atoms with Gasteiger partial charge >= 0.3 is 0 Å². The van der Waals surface area contributed by atoms with Gasteiger partial charge in [0.2, 0.25) is 0 Å². The molecule has 20 heavy (non-hydrogen) atoms. The molecule has 0 aliphatic rings. The maximum Gasteiger partial charge on any atom is 0.258 e. The number of nitrogens with zero attached hydrogens (tertiary/aromatic N) is 1. The molecule has 0 aliphatic heterocycles. The van der Waals surface area contributed by atoms with Crippen LogP contribution in [0.1, 0.15) is 24.8 Å². The molecule has 0 fully saturated rings. The average molecular weight is 317 g/mol. The summed E-state index contributed by atoms with van der Waals surface area (Å²) >= 11 is 1.81. The summed E-state index contributed by atoms with van der Waals surface area (Å²) in [6, 6.07) is 3.32. The van der Waals surface area contributed by atoms with Gasteiger partial charge in [0.1, 0.15) is 0 Å². The van der Waals surface area contributed by atoms with E-state index < -0.39 is 10.0 Å².